The van der Waals surface area contributed by atoms with Gasteiger partial charge in [-0.1, -0.05) is 25.1 Å². The van der Waals surface area contributed by atoms with Gasteiger partial charge in [-0.3, -0.25) is 10.00 Å². The van der Waals surface area contributed by atoms with E-state index in [0.29, 0.717) is 6.04 Å². The van der Waals surface area contributed by atoms with Crippen LogP contribution in [0, 0.1) is 5.92 Å². The largest absolute Gasteiger partial charge is 0.496 e. The minimum absolute atomic E-state index is 0.410. The van der Waals surface area contributed by atoms with Crippen molar-refractivity contribution in [3.63, 3.8) is 0 Å². The zero-order chi connectivity index (χ0) is 14.7. The van der Waals surface area contributed by atoms with Crippen molar-refractivity contribution in [3.05, 3.63) is 47.8 Å². The zero-order valence-electron chi connectivity index (χ0n) is 12.7. The highest BCUT2D eigenvalue weighted by Gasteiger charge is 2.29. The van der Waals surface area contributed by atoms with Crippen LogP contribution in [0.25, 0.3) is 0 Å². The van der Waals surface area contributed by atoms with Crippen LogP contribution >= 0.6 is 0 Å². The Balaban J connectivity index is 1.87. The molecule has 1 aliphatic heterocycles. The van der Waals surface area contributed by atoms with Crippen molar-refractivity contribution in [3.8, 4) is 5.75 Å². The number of likely N-dealkylation sites (tertiary alicyclic amines) is 1. The summed E-state index contributed by atoms with van der Waals surface area (Å²) in [6.07, 6.45) is 4.24. The number of ether oxygens (including phenoxy) is 1. The van der Waals surface area contributed by atoms with Crippen molar-refractivity contribution >= 4 is 0 Å². The Hall–Kier alpha value is -1.81. The third-order valence-electron chi connectivity index (χ3n) is 4.41. The monoisotopic (exact) mass is 285 g/mol. The van der Waals surface area contributed by atoms with E-state index in [2.05, 4.69) is 46.3 Å². The van der Waals surface area contributed by atoms with Gasteiger partial charge in [-0.2, -0.15) is 5.10 Å². The third-order valence-corrected chi connectivity index (χ3v) is 4.41. The summed E-state index contributed by atoms with van der Waals surface area (Å²) in [6.45, 7) is 4.37. The fourth-order valence-corrected chi connectivity index (χ4v) is 3.24. The van der Waals surface area contributed by atoms with Gasteiger partial charge in [0.15, 0.2) is 0 Å². The summed E-state index contributed by atoms with van der Waals surface area (Å²) in [6, 6.07) is 10.9. The molecule has 1 aliphatic rings. The normalized spacial score (nSPS) is 23.1. The summed E-state index contributed by atoms with van der Waals surface area (Å²) in [5, 5.41) is 7.13. The highest BCUT2D eigenvalue weighted by Crippen LogP contribution is 2.38. The lowest BCUT2D eigenvalue weighted by Crippen LogP contribution is -2.36. The first-order valence-electron chi connectivity index (χ1n) is 7.63. The Labute approximate surface area is 126 Å². The molecule has 4 heteroatoms. The van der Waals surface area contributed by atoms with Crippen LogP contribution in [-0.4, -0.2) is 28.8 Å². The molecular weight excluding hydrogens is 262 g/mol. The van der Waals surface area contributed by atoms with Gasteiger partial charge in [-0.15, -0.1) is 0 Å². The molecular formula is C17H23N3O. The van der Waals surface area contributed by atoms with Crippen LogP contribution in [0.5, 0.6) is 5.75 Å². The van der Waals surface area contributed by atoms with Crippen molar-refractivity contribution in [1.82, 2.24) is 15.1 Å². The van der Waals surface area contributed by atoms with Crippen LogP contribution in [-0.2, 0) is 6.54 Å². The molecule has 0 bridgehead atoms. The standard InChI is InChI=1S/C17H23N3O/c1-13-8-10-20(12-14-7-9-18-19-14)16(11-13)15-5-3-4-6-17(15)21-2/h3-7,9,13,16H,8,10-12H2,1-2H3,(H,18,19)/t13-,16+/m0/s1. The number of hydrogen-bond acceptors (Lipinski definition) is 3. The maximum Gasteiger partial charge on any atom is 0.123 e. The number of rotatable bonds is 4. The van der Waals surface area contributed by atoms with Crippen LogP contribution in [0.15, 0.2) is 36.5 Å². The molecule has 0 amide bonds. The number of nitrogens with one attached hydrogen (secondary N) is 1. The minimum atomic E-state index is 0.410. The molecule has 2 heterocycles. The Bertz CT molecular complexity index is 567. The zero-order valence-corrected chi connectivity index (χ0v) is 12.7. The summed E-state index contributed by atoms with van der Waals surface area (Å²) in [5.74, 6) is 1.74. The first kappa shape index (κ1) is 14.1. The average molecular weight is 285 g/mol. The number of H-pyrrole nitrogens is 1. The molecule has 3 rings (SSSR count). The number of aromatic amines is 1. The van der Waals surface area contributed by atoms with Gasteiger partial charge in [0, 0.05) is 30.0 Å². The SMILES string of the molecule is COc1ccccc1[C@H]1C[C@@H](C)CCN1Cc1ccn[nH]1. The molecule has 1 saturated heterocycles. The van der Waals surface area contributed by atoms with E-state index < -0.39 is 0 Å². The smallest absolute Gasteiger partial charge is 0.123 e. The summed E-state index contributed by atoms with van der Waals surface area (Å²) >= 11 is 0. The van der Waals surface area contributed by atoms with E-state index in [1.54, 1.807) is 7.11 Å². The Morgan fingerprint density at radius 3 is 2.95 bits per heavy atom. The van der Waals surface area contributed by atoms with E-state index in [9.17, 15) is 0 Å². The lowest BCUT2D eigenvalue weighted by molar-refractivity contribution is 0.107. The number of para-hydroxylation sites is 1. The molecule has 1 N–H and O–H groups in total. The first-order valence-corrected chi connectivity index (χ1v) is 7.63. The number of methoxy groups -OCH3 is 1. The Morgan fingerprint density at radius 2 is 2.19 bits per heavy atom. The molecule has 0 radical (unpaired) electrons. The van der Waals surface area contributed by atoms with E-state index in [1.165, 1.54) is 24.1 Å². The molecule has 0 aliphatic carbocycles. The molecule has 2 aromatic rings. The topological polar surface area (TPSA) is 41.1 Å². The summed E-state index contributed by atoms with van der Waals surface area (Å²) < 4.78 is 5.57. The van der Waals surface area contributed by atoms with Gasteiger partial charge in [-0.25, -0.2) is 0 Å². The molecule has 0 unspecified atom stereocenters. The lowest BCUT2D eigenvalue weighted by Gasteiger charge is -2.39. The second-order valence-corrected chi connectivity index (χ2v) is 5.94. The molecule has 4 nitrogen and oxygen atoms in total. The number of hydrogen-bond donors (Lipinski definition) is 1. The van der Waals surface area contributed by atoms with E-state index in [-0.39, 0.29) is 0 Å². The maximum absolute atomic E-state index is 5.57. The van der Waals surface area contributed by atoms with Crippen LogP contribution < -0.4 is 4.74 Å². The van der Waals surface area contributed by atoms with Gasteiger partial charge in [-0.05, 0) is 37.4 Å². The second kappa shape index (κ2) is 6.31. The highest BCUT2D eigenvalue weighted by atomic mass is 16.5. The molecule has 21 heavy (non-hydrogen) atoms. The molecule has 112 valence electrons. The van der Waals surface area contributed by atoms with Crippen LogP contribution in [0.3, 0.4) is 0 Å². The van der Waals surface area contributed by atoms with Gasteiger partial charge in [0.25, 0.3) is 0 Å². The van der Waals surface area contributed by atoms with E-state index in [4.69, 9.17) is 4.74 Å². The van der Waals surface area contributed by atoms with Crippen LogP contribution in [0.4, 0.5) is 0 Å². The lowest BCUT2D eigenvalue weighted by atomic mass is 9.88. The predicted octanol–water partition coefficient (Wildman–Crippen LogP) is 3.39. The van der Waals surface area contributed by atoms with Crippen molar-refractivity contribution in [2.75, 3.05) is 13.7 Å². The summed E-state index contributed by atoms with van der Waals surface area (Å²) in [7, 11) is 1.75. The van der Waals surface area contributed by atoms with E-state index in [0.717, 1.165) is 24.8 Å². The average Bonchev–Trinajstić information content (AvgIpc) is 3.02. The van der Waals surface area contributed by atoms with E-state index in [1.807, 2.05) is 12.3 Å². The van der Waals surface area contributed by atoms with Crippen molar-refractivity contribution in [2.24, 2.45) is 5.92 Å². The van der Waals surface area contributed by atoms with Crippen LogP contribution in [0.2, 0.25) is 0 Å². The molecule has 1 aromatic carbocycles. The van der Waals surface area contributed by atoms with Gasteiger partial charge < -0.3 is 4.74 Å². The maximum atomic E-state index is 5.57. The fraction of sp³-hybridized carbons (Fsp3) is 0.471. The van der Waals surface area contributed by atoms with Crippen molar-refractivity contribution in [2.45, 2.75) is 32.4 Å². The van der Waals surface area contributed by atoms with Crippen molar-refractivity contribution < 1.29 is 4.74 Å². The third kappa shape index (κ3) is 3.10. The molecule has 1 fully saturated rings. The highest BCUT2D eigenvalue weighted by molar-refractivity contribution is 5.36. The van der Waals surface area contributed by atoms with E-state index >= 15 is 0 Å². The van der Waals surface area contributed by atoms with Crippen LogP contribution in [0.1, 0.15) is 37.1 Å². The van der Waals surface area contributed by atoms with Gasteiger partial charge in [0.2, 0.25) is 0 Å². The second-order valence-electron chi connectivity index (χ2n) is 5.94. The quantitative estimate of drug-likeness (QED) is 0.936. The minimum Gasteiger partial charge on any atom is -0.496 e. The van der Waals surface area contributed by atoms with Gasteiger partial charge in [0.05, 0.1) is 7.11 Å². The molecule has 1 aromatic heterocycles. The number of aromatic nitrogens is 2. The molecule has 2 atom stereocenters. The number of piperidine rings is 1. The molecule has 0 saturated carbocycles. The van der Waals surface area contributed by atoms with Gasteiger partial charge >= 0.3 is 0 Å². The van der Waals surface area contributed by atoms with Crippen molar-refractivity contribution in [1.29, 1.82) is 0 Å². The first-order chi connectivity index (χ1) is 10.3. The number of benzene rings is 1. The molecule has 0 spiro atoms. The fourth-order valence-electron chi connectivity index (χ4n) is 3.24. The number of nitrogens with zero attached hydrogens (tertiary/aromatic N) is 2. The predicted molar refractivity (Wildman–Crippen MR) is 83.1 cm³/mol. The summed E-state index contributed by atoms with van der Waals surface area (Å²) in [5.41, 5.74) is 2.47. The Morgan fingerprint density at radius 1 is 1.33 bits per heavy atom. The van der Waals surface area contributed by atoms with Gasteiger partial charge in [0.1, 0.15) is 5.75 Å². The summed E-state index contributed by atoms with van der Waals surface area (Å²) in [4.78, 5) is 2.53. The Kier molecular flexibility index (Phi) is 4.25.